The Bertz CT molecular complexity index is 193. The third kappa shape index (κ3) is 5.53. The number of carbonyl (C=O) groups excluding carboxylic acids is 2. The van der Waals surface area contributed by atoms with Crippen LogP contribution in [0.15, 0.2) is 0 Å². The summed E-state index contributed by atoms with van der Waals surface area (Å²) in [7, 11) is 0. The monoisotopic (exact) mass is 204 g/mol. The summed E-state index contributed by atoms with van der Waals surface area (Å²) in [4.78, 5) is 22.0. The van der Waals surface area contributed by atoms with Crippen LogP contribution in [0, 0.1) is 0 Å². The molecule has 0 rings (SSSR count). The van der Waals surface area contributed by atoms with Crippen molar-refractivity contribution in [2.24, 2.45) is 0 Å². The van der Waals surface area contributed by atoms with Crippen LogP contribution in [0.25, 0.3) is 0 Å². The van der Waals surface area contributed by atoms with Crippen molar-refractivity contribution >= 4 is 11.9 Å². The maximum absolute atomic E-state index is 11.1. The van der Waals surface area contributed by atoms with E-state index in [-0.39, 0.29) is 18.4 Å². The second kappa shape index (κ2) is 7.32. The van der Waals surface area contributed by atoms with E-state index >= 15 is 0 Å². The molecule has 0 aliphatic rings. The molecule has 14 heavy (non-hydrogen) atoms. The van der Waals surface area contributed by atoms with Gasteiger partial charge in [0.15, 0.2) is 6.04 Å². The van der Waals surface area contributed by atoms with Gasteiger partial charge in [-0.1, -0.05) is 0 Å². The fourth-order valence-corrected chi connectivity index (χ4v) is 0.903. The zero-order chi connectivity index (χ0) is 11.0. The summed E-state index contributed by atoms with van der Waals surface area (Å²) in [5.74, 6) is -0.665. The van der Waals surface area contributed by atoms with Gasteiger partial charge in [-0.25, -0.2) is 4.79 Å². The molecule has 3 N–H and O–H groups in total. The van der Waals surface area contributed by atoms with E-state index < -0.39 is 6.04 Å². The molecule has 0 unspecified atom stereocenters. The Morgan fingerprint density at radius 1 is 1.21 bits per heavy atom. The van der Waals surface area contributed by atoms with Crippen molar-refractivity contribution in [3.05, 3.63) is 0 Å². The van der Waals surface area contributed by atoms with Gasteiger partial charge in [0.2, 0.25) is 0 Å². The van der Waals surface area contributed by atoms with Crippen LogP contribution in [-0.2, 0) is 19.1 Å². The van der Waals surface area contributed by atoms with Gasteiger partial charge in [-0.05, 0) is 13.8 Å². The lowest BCUT2D eigenvalue weighted by Crippen LogP contribution is -2.65. The Labute approximate surface area is 83.5 Å². The van der Waals surface area contributed by atoms with E-state index in [1.807, 2.05) is 0 Å². The SMILES string of the molecule is CCOC(=O)CC[C@@H]([NH3+])C(=O)OCC. The Hall–Kier alpha value is -1.10. The standard InChI is InChI=1S/C9H17NO4/c1-3-13-8(11)6-5-7(10)9(12)14-4-2/h7H,3-6,10H2,1-2H3/p+1/t7-/m1/s1. The summed E-state index contributed by atoms with van der Waals surface area (Å²) in [5, 5.41) is 0. The molecule has 82 valence electrons. The van der Waals surface area contributed by atoms with Crippen LogP contribution < -0.4 is 5.73 Å². The third-order valence-electron chi connectivity index (χ3n) is 1.62. The minimum atomic E-state index is -0.487. The van der Waals surface area contributed by atoms with Gasteiger partial charge in [0, 0.05) is 6.42 Å². The smallest absolute Gasteiger partial charge is 0.364 e. The highest BCUT2D eigenvalue weighted by Gasteiger charge is 2.19. The Morgan fingerprint density at radius 2 is 1.79 bits per heavy atom. The molecule has 0 spiro atoms. The molecule has 1 atom stereocenters. The van der Waals surface area contributed by atoms with Crippen molar-refractivity contribution in [2.75, 3.05) is 13.2 Å². The quantitative estimate of drug-likeness (QED) is 0.592. The predicted molar refractivity (Wildman–Crippen MR) is 49.2 cm³/mol. The molecule has 0 radical (unpaired) electrons. The summed E-state index contributed by atoms with van der Waals surface area (Å²) < 4.78 is 9.46. The molecule has 0 aromatic heterocycles. The molecule has 0 bridgehead atoms. The lowest BCUT2D eigenvalue weighted by atomic mass is 10.2. The second-order valence-electron chi connectivity index (χ2n) is 2.79. The highest BCUT2D eigenvalue weighted by atomic mass is 16.5. The Morgan fingerprint density at radius 3 is 2.29 bits per heavy atom. The molecule has 0 aromatic rings. The van der Waals surface area contributed by atoms with Gasteiger partial charge in [0.25, 0.3) is 0 Å². The highest BCUT2D eigenvalue weighted by Crippen LogP contribution is 1.97. The Kier molecular flexibility index (Phi) is 6.74. The molecule has 0 saturated heterocycles. The van der Waals surface area contributed by atoms with Crippen LogP contribution in [0.3, 0.4) is 0 Å². The van der Waals surface area contributed by atoms with Crippen molar-refractivity contribution in [3.63, 3.8) is 0 Å². The first-order valence-electron chi connectivity index (χ1n) is 4.77. The van der Waals surface area contributed by atoms with Crippen molar-refractivity contribution < 1.29 is 24.8 Å². The number of hydrogen-bond donors (Lipinski definition) is 1. The molecule has 0 fully saturated rings. The lowest BCUT2D eigenvalue weighted by Gasteiger charge is -2.06. The van der Waals surface area contributed by atoms with Gasteiger partial charge in [-0.15, -0.1) is 0 Å². The largest absolute Gasteiger partial charge is 0.466 e. The normalized spacial score (nSPS) is 11.9. The fraction of sp³-hybridized carbons (Fsp3) is 0.778. The van der Waals surface area contributed by atoms with Crippen LogP contribution in [0.1, 0.15) is 26.7 Å². The minimum absolute atomic E-state index is 0.209. The topological polar surface area (TPSA) is 80.2 Å². The maximum atomic E-state index is 11.1. The molecule has 0 amide bonds. The van der Waals surface area contributed by atoms with Crippen molar-refractivity contribution in [1.29, 1.82) is 0 Å². The molecular formula is C9H18NO4+. The average Bonchev–Trinajstić information content (AvgIpc) is 2.15. The van der Waals surface area contributed by atoms with Gasteiger partial charge in [0.1, 0.15) is 0 Å². The van der Waals surface area contributed by atoms with Crippen molar-refractivity contribution in [1.82, 2.24) is 0 Å². The summed E-state index contributed by atoms with van der Waals surface area (Å²) in [6.07, 6.45) is 0.582. The number of hydrogen-bond acceptors (Lipinski definition) is 4. The highest BCUT2D eigenvalue weighted by molar-refractivity contribution is 5.75. The third-order valence-corrected chi connectivity index (χ3v) is 1.62. The van der Waals surface area contributed by atoms with Crippen LogP contribution in [0.2, 0.25) is 0 Å². The average molecular weight is 204 g/mol. The van der Waals surface area contributed by atoms with E-state index in [0.717, 1.165) is 0 Å². The molecule has 5 heteroatoms. The first kappa shape index (κ1) is 12.9. The first-order chi connectivity index (χ1) is 6.61. The molecular weight excluding hydrogens is 186 g/mol. The van der Waals surface area contributed by atoms with Gasteiger partial charge < -0.3 is 15.2 Å². The second-order valence-corrected chi connectivity index (χ2v) is 2.79. The van der Waals surface area contributed by atoms with Gasteiger partial charge in [-0.3, -0.25) is 4.79 Å². The number of carbonyl (C=O) groups is 2. The van der Waals surface area contributed by atoms with Gasteiger partial charge >= 0.3 is 11.9 Å². The van der Waals surface area contributed by atoms with E-state index in [9.17, 15) is 9.59 Å². The lowest BCUT2D eigenvalue weighted by molar-refractivity contribution is -0.409. The maximum Gasteiger partial charge on any atom is 0.364 e. The number of quaternary nitrogens is 1. The minimum Gasteiger partial charge on any atom is -0.466 e. The molecule has 0 aliphatic heterocycles. The van der Waals surface area contributed by atoms with Crippen LogP contribution in [0.4, 0.5) is 0 Å². The zero-order valence-electron chi connectivity index (χ0n) is 8.75. The van der Waals surface area contributed by atoms with Crippen molar-refractivity contribution in [2.45, 2.75) is 32.7 Å². The molecule has 0 heterocycles. The molecule has 0 aromatic carbocycles. The summed E-state index contributed by atoms with van der Waals surface area (Å²) in [6, 6.07) is -0.487. The van der Waals surface area contributed by atoms with E-state index in [4.69, 9.17) is 9.47 Å². The van der Waals surface area contributed by atoms with Crippen molar-refractivity contribution in [3.8, 4) is 0 Å². The number of ether oxygens (including phenoxy) is 2. The van der Waals surface area contributed by atoms with E-state index in [2.05, 4.69) is 5.73 Å². The molecule has 0 aliphatic carbocycles. The van der Waals surface area contributed by atoms with E-state index in [0.29, 0.717) is 19.6 Å². The molecule has 5 nitrogen and oxygen atoms in total. The number of esters is 2. The fourth-order valence-electron chi connectivity index (χ4n) is 0.903. The predicted octanol–water partition coefficient (Wildman–Crippen LogP) is -0.497. The van der Waals surface area contributed by atoms with E-state index in [1.54, 1.807) is 13.8 Å². The van der Waals surface area contributed by atoms with Crippen LogP contribution in [0.5, 0.6) is 0 Å². The van der Waals surface area contributed by atoms with Crippen LogP contribution in [-0.4, -0.2) is 31.2 Å². The van der Waals surface area contributed by atoms with Gasteiger partial charge in [-0.2, -0.15) is 0 Å². The Balaban J connectivity index is 3.67. The summed E-state index contributed by atoms with van der Waals surface area (Å²) in [5.41, 5.74) is 3.61. The molecule has 0 saturated carbocycles. The van der Waals surface area contributed by atoms with Crippen LogP contribution >= 0.6 is 0 Å². The van der Waals surface area contributed by atoms with E-state index in [1.165, 1.54) is 0 Å². The number of rotatable bonds is 6. The summed E-state index contributed by atoms with van der Waals surface area (Å²) >= 11 is 0. The summed E-state index contributed by atoms with van der Waals surface area (Å²) in [6.45, 7) is 4.17. The first-order valence-corrected chi connectivity index (χ1v) is 4.77. The van der Waals surface area contributed by atoms with Gasteiger partial charge in [0.05, 0.1) is 19.6 Å². The zero-order valence-corrected chi connectivity index (χ0v) is 8.75.